The second kappa shape index (κ2) is 5.94. The molecule has 0 aliphatic rings. The predicted octanol–water partition coefficient (Wildman–Crippen LogP) is 4.03. The number of halogens is 1. The van der Waals surface area contributed by atoms with Gasteiger partial charge in [0.25, 0.3) is 5.91 Å². The van der Waals surface area contributed by atoms with Crippen molar-refractivity contribution in [2.45, 2.75) is 6.92 Å². The van der Waals surface area contributed by atoms with Crippen molar-refractivity contribution in [3.63, 3.8) is 0 Å². The SMILES string of the molecule is Cc1ccc(N(C)C(=O)/C=C/c2c(Cl)nc3sccn23)cc1. The van der Waals surface area contributed by atoms with Crippen LogP contribution in [0.4, 0.5) is 5.69 Å². The third-order valence-corrected chi connectivity index (χ3v) is 4.42. The van der Waals surface area contributed by atoms with Gasteiger partial charge in [-0.3, -0.25) is 9.20 Å². The number of aryl methyl sites for hydroxylation is 1. The molecule has 0 saturated heterocycles. The first kappa shape index (κ1) is 14.8. The lowest BCUT2D eigenvalue weighted by molar-refractivity contribution is -0.113. The number of nitrogens with zero attached hydrogens (tertiary/aromatic N) is 3. The first-order valence-electron chi connectivity index (χ1n) is 6.70. The van der Waals surface area contributed by atoms with Crippen LogP contribution in [0.1, 0.15) is 11.3 Å². The summed E-state index contributed by atoms with van der Waals surface area (Å²) in [4.78, 5) is 18.9. The number of hydrogen-bond donors (Lipinski definition) is 0. The van der Waals surface area contributed by atoms with Crippen molar-refractivity contribution < 1.29 is 4.79 Å². The van der Waals surface area contributed by atoms with E-state index in [1.807, 2.05) is 47.2 Å². The van der Waals surface area contributed by atoms with Gasteiger partial charge in [-0.2, -0.15) is 0 Å². The normalized spacial score (nSPS) is 11.4. The standard InChI is InChI=1S/C16H14ClN3OS/c1-11-3-5-12(6-4-11)19(2)14(21)8-7-13-15(17)18-16-20(13)9-10-22-16/h3-10H,1-2H3/b8-7+. The Morgan fingerprint density at radius 2 is 2.09 bits per heavy atom. The highest BCUT2D eigenvalue weighted by Crippen LogP contribution is 2.22. The molecule has 0 saturated carbocycles. The van der Waals surface area contributed by atoms with Crippen LogP contribution in [0.5, 0.6) is 0 Å². The number of amides is 1. The molecule has 0 aliphatic heterocycles. The Bertz CT molecular complexity index is 848. The van der Waals surface area contributed by atoms with Crippen molar-refractivity contribution in [2.24, 2.45) is 0 Å². The fraction of sp³-hybridized carbons (Fsp3) is 0.125. The van der Waals surface area contributed by atoms with Crippen molar-refractivity contribution >= 4 is 45.6 Å². The molecule has 112 valence electrons. The number of hydrogen-bond acceptors (Lipinski definition) is 3. The van der Waals surface area contributed by atoms with E-state index in [4.69, 9.17) is 11.6 Å². The van der Waals surface area contributed by atoms with Crippen molar-refractivity contribution in [1.29, 1.82) is 0 Å². The molecule has 0 atom stereocenters. The van der Waals surface area contributed by atoms with E-state index in [9.17, 15) is 4.79 Å². The molecule has 0 unspecified atom stereocenters. The van der Waals surface area contributed by atoms with Gasteiger partial charge >= 0.3 is 0 Å². The van der Waals surface area contributed by atoms with Crippen molar-refractivity contribution in [2.75, 3.05) is 11.9 Å². The molecule has 3 rings (SSSR count). The fourth-order valence-electron chi connectivity index (χ4n) is 2.08. The number of fused-ring (bicyclic) bond motifs is 1. The van der Waals surface area contributed by atoms with E-state index < -0.39 is 0 Å². The third kappa shape index (κ3) is 2.77. The Kier molecular flexibility index (Phi) is 4.00. The van der Waals surface area contributed by atoms with Gasteiger partial charge in [0.05, 0.1) is 5.69 Å². The van der Waals surface area contributed by atoms with Crippen LogP contribution in [-0.4, -0.2) is 22.3 Å². The molecule has 1 amide bonds. The lowest BCUT2D eigenvalue weighted by Crippen LogP contribution is -2.23. The van der Waals surface area contributed by atoms with Crippen molar-refractivity contribution in [3.8, 4) is 0 Å². The quantitative estimate of drug-likeness (QED) is 0.679. The predicted molar refractivity (Wildman–Crippen MR) is 91.7 cm³/mol. The number of likely N-dealkylation sites (N-methyl/N-ethyl adjacent to an activating group) is 1. The first-order valence-corrected chi connectivity index (χ1v) is 7.95. The van der Waals surface area contributed by atoms with Crippen LogP contribution in [0.15, 0.2) is 41.9 Å². The minimum absolute atomic E-state index is 0.120. The van der Waals surface area contributed by atoms with E-state index in [1.54, 1.807) is 18.0 Å². The molecular weight excluding hydrogens is 318 g/mol. The van der Waals surface area contributed by atoms with Crippen molar-refractivity contribution in [3.05, 3.63) is 58.3 Å². The largest absolute Gasteiger partial charge is 0.312 e. The van der Waals surface area contributed by atoms with Crippen LogP contribution in [0.3, 0.4) is 0 Å². The monoisotopic (exact) mass is 331 g/mol. The lowest BCUT2D eigenvalue weighted by atomic mass is 10.2. The minimum Gasteiger partial charge on any atom is -0.312 e. The second-order valence-electron chi connectivity index (χ2n) is 4.91. The third-order valence-electron chi connectivity index (χ3n) is 3.39. The molecule has 22 heavy (non-hydrogen) atoms. The summed E-state index contributed by atoms with van der Waals surface area (Å²) in [7, 11) is 1.75. The summed E-state index contributed by atoms with van der Waals surface area (Å²) in [5, 5.41) is 2.32. The number of thiazole rings is 1. The van der Waals surface area contributed by atoms with Crippen LogP contribution in [0.2, 0.25) is 5.15 Å². The smallest absolute Gasteiger partial charge is 0.250 e. The summed E-state index contributed by atoms with van der Waals surface area (Å²) in [6.07, 6.45) is 5.08. The van der Waals surface area contributed by atoms with E-state index in [-0.39, 0.29) is 5.91 Å². The van der Waals surface area contributed by atoms with Crippen molar-refractivity contribution in [1.82, 2.24) is 9.38 Å². The molecular formula is C16H14ClN3OS. The second-order valence-corrected chi connectivity index (χ2v) is 6.14. The van der Waals surface area contributed by atoms with Gasteiger partial charge in [-0.15, -0.1) is 11.3 Å². The summed E-state index contributed by atoms with van der Waals surface area (Å²) in [5.41, 5.74) is 2.72. The van der Waals surface area contributed by atoms with Crippen LogP contribution in [0.25, 0.3) is 11.0 Å². The average Bonchev–Trinajstić information content (AvgIpc) is 3.06. The van der Waals surface area contributed by atoms with Gasteiger partial charge in [-0.25, -0.2) is 4.98 Å². The lowest BCUT2D eigenvalue weighted by Gasteiger charge is -2.15. The molecule has 0 N–H and O–H groups in total. The van der Waals surface area contributed by atoms with Gasteiger partial charge in [0, 0.05) is 30.4 Å². The van der Waals surface area contributed by atoms with Gasteiger partial charge in [0.15, 0.2) is 10.1 Å². The molecule has 2 heterocycles. The number of anilines is 1. The van der Waals surface area contributed by atoms with Gasteiger partial charge < -0.3 is 4.90 Å². The Hall–Kier alpha value is -2.11. The van der Waals surface area contributed by atoms with E-state index >= 15 is 0 Å². The molecule has 3 aromatic rings. The van der Waals surface area contributed by atoms with E-state index in [1.165, 1.54) is 17.4 Å². The first-order chi connectivity index (χ1) is 10.6. The molecule has 1 aromatic carbocycles. The van der Waals surface area contributed by atoms with Gasteiger partial charge in [0.1, 0.15) is 0 Å². The van der Waals surface area contributed by atoms with E-state index in [0.29, 0.717) is 10.8 Å². The zero-order valence-corrected chi connectivity index (χ0v) is 13.7. The highest BCUT2D eigenvalue weighted by Gasteiger charge is 2.11. The number of aromatic nitrogens is 2. The van der Waals surface area contributed by atoms with E-state index in [2.05, 4.69) is 4.98 Å². The van der Waals surface area contributed by atoms with Crippen LogP contribution >= 0.6 is 22.9 Å². The molecule has 0 radical (unpaired) electrons. The fourth-order valence-corrected chi connectivity index (χ4v) is 3.09. The Balaban J connectivity index is 1.82. The molecule has 0 aliphatic carbocycles. The summed E-state index contributed by atoms with van der Waals surface area (Å²) in [6, 6.07) is 7.80. The Morgan fingerprint density at radius 3 is 2.82 bits per heavy atom. The molecule has 0 spiro atoms. The maximum Gasteiger partial charge on any atom is 0.250 e. The summed E-state index contributed by atoms with van der Waals surface area (Å²) in [5.74, 6) is -0.120. The number of rotatable bonds is 3. The zero-order chi connectivity index (χ0) is 15.7. The summed E-state index contributed by atoms with van der Waals surface area (Å²) >= 11 is 7.60. The summed E-state index contributed by atoms with van der Waals surface area (Å²) in [6.45, 7) is 2.01. The number of carbonyl (C=O) groups is 1. The molecule has 0 bridgehead atoms. The topological polar surface area (TPSA) is 37.6 Å². The van der Waals surface area contributed by atoms with Crippen LogP contribution < -0.4 is 4.90 Å². The zero-order valence-electron chi connectivity index (χ0n) is 12.2. The van der Waals surface area contributed by atoms with Crippen LogP contribution in [0, 0.1) is 6.92 Å². The van der Waals surface area contributed by atoms with Gasteiger partial charge in [0.2, 0.25) is 0 Å². The average molecular weight is 332 g/mol. The molecule has 2 aromatic heterocycles. The number of imidazole rings is 1. The molecule has 6 heteroatoms. The number of carbonyl (C=O) groups excluding carboxylic acids is 1. The highest BCUT2D eigenvalue weighted by atomic mass is 35.5. The summed E-state index contributed by atoms with van der Waals surface area (Å²) < 4.78 is 1.86. The molecule has 0 fully saturated rings. The Morgan fingerprint density at radius 1 is 1.36 bits per heavy atom. The van der Waals surface area contributed by atoms with E-state index in [0.717, 1.165) is 16.2 Å². The number of benzene rings is 1. The van der Waals surface area contributed by atoms with Crippen LogP contribution in [-0.2, 0) is 4.79 Å². The highest BCUT2D eigenvalue weighted by molar-refractivity contribution is 7.15. The van der Waals surface area contributed by atoms with Gasteiger partial charge in [-0.05, 0) is 25.1 Å². The maximum absolute atomic E-state index is 12.3. The minimum atomic E-state index is -0.120. The molecule has 4 nitrogen and oxygen atoms in total. The Labute approximate surface area is 137 Å². The maximum atomic E-state index is 12.3. The van der Waals surface area contributed by atoms with Gasteiger partial charge in [-0.1, -0.05) is 29.3 Å².